The molecule has 1 aromatic rings. The first-order valence-corrected chi connectivity index (χ1v) is 8.49. The summed E-state index contributed by atoms with van der Waals surface area (Å²) in [5.41, 5.74) is 1.19. The molecule has 0 aromatic heterocycles. The van der Waals surface area contributed by atoms with Gasteiger partial charge in [0.1, 0.15) is 6.23 Å². The van der Waals surface area contributed by atoms with Gasteiger partial charge in [-0.3, -0.25) is 5.32 Å². The van der Waals surface area contributed by atoms with Gasteiger partial charge in [0.15, 0.2) is 0 Å². The molecule has 19 heavy (non-hydrogen) atoms. The van der Waals surface area contributed by atoms with E-state index in [1.54, 1.807) is 0 Å². The van der Waals surface area contributed by atoms with Crippen molar-refractivity contribution in [2.45, 2.75) is 24.8 Å². The molecule has 4 heteroatoms. The average molecular weight is 277 g/mol. The number of rotatable bonds is 7. The Kier molecular flexibility index (Phi) is 6.30. The SMILES string of the molecule is [SiH3]CCCOCC1CNC(/C=C/c2ccccc2)O1. The van der Waals surface area contributed by atoms with E-state index < -0.39 is 0 Å². The van der Waals surface area contributed by atoms with Crippen molar-refractivity contribution in [3.8, 4) is 0 Å². The smallest absolute Gasteiger partial charge is 0.128 e. The second-order valence-electron chi connectivity index (χ2n) is 4.79. The van der Waals surface area contributed by atoms with Gasteiger partial charge >= 0.3 is 0 Å². The lowest BCUT2D eigenvalue weighted by Crippen LogP contribution is -2.20. The van der Waals surface area contributed by atoms with Gasteiger partial charge < -0.3 is 9.47 Å². The number of hydrogen-bond acceptors (Lipinski definition) is 3. The molecule has 0 aliphatic carbocycles. The fourth-order valence-electron chi connectivity index (χ4n) is 1.99. The van der Waals surface area contributed by atoms with E-state index >= 15 is 0 Å². The molecule has 1 aliphatic heterocycles. The Morgan fingerprint density at radius 2 is 2.21 bits per heavy atom. The molecule has 0 bridgehead atoms. The highest BCUT2D eigenvalue weighted by Gasteiger charge is 2.22. The van der Waals surface area contributed by atoms with Crippen molar-refractivity contribution in [2.75, 3.05) is 19.8 Å². The Balaban J connectivity index is 1.69. The van der Waals surface area contributed by atoms with Crippen LogP contribution >= 0.6 is 0 Å². The van der Waals surface area contributed by atoms with Crippen LogP contribution in [0.2, 0.25) is 6.04 Å². The lowest BCUT2D eigenvalue weighted by atomic mass is 10.2. The Labute approximate surface area is 118 Å². The normalized spacial score (nSPS) is 23.4. The van der Waals surface area contributed by atoms with Gasteiger partial charge in [0.2, 0.25) is 0 Å². The van der Waals surface area contributed by atoms with E-state index in [1.165, 1.54) is 28.3 Å². The Morgan fingerprint density at radius 1 is 1.37 bits per heavy atom. The standard InChI is InChI=1S/C15H23NO2Si/c19-10-4-9-17-12-14-11-16-15(18-14)8-7-13-5-2-1-3-6-13/h1-3,5-8,14-16H,4,9-12H2,19H3/b8-7+. The third-order valence-corrected chi connectivity index (χ3v) is 3.80. The fourth-order valence-corrected chi connectivity index (χ4v) is 2.28. The summed E-state index contributed by atoms with van der Waals surface area (Å²) in [4.78, 5) is 0. The van der Waals surface area contributed by atoms with Crippen molar-refractivity contribution < 1.29 is 9.47 Å². The van der Waals surface area contributed by atoms with Crippen LogP contribution < -0.4 is 5.32 Å². The van der Waals surface area contributed by atoms with Crippen molar-refractivity contribution in [1.82, 2.24) is 5.32 Å². The van der Waals surface area contributed by atoms with E-state index in [4.69, 9.17) is 9.47 Å². The van der Waals surface area contributed by atoms with Crippen LogP contribution in [0.4, 0.5) is 0 Å². The molecule has 0 spiro atoms. The highest BCUT2D eigenvalue weighted by molar-refractivity contribution is 6.08. The Hall–Kier alpha value is -0.943. The molecule has 104 valence electrons. The zero-order valence-electron chi connectivity index (χ0n) is 11.5. The van der Waals surface area contributed by atoms with Gasteiger partial charge in [0, 0.05) is 23.4 Å². The van der Waals surface area contributed by atoms with Crippen LogP contribution in [0.15, 0.2) is 36.4 Å². The summed E-state index contributed by atoms with van der Waals surface area (Å²) >= 11 is 0. The topological polar surface area (TPSA) is 30.5 Å². The van der Waals surface area contributed by atoms with E-state index in [2.05, 4.69) is 29.6 Å². The van der Waals surface area contributed by atoms with E-state index in [9.17, 15) is 0 Å². The molecule has 2 unspecified atom stereocenters. The van der Waals surface area contributed by atoms with E-state index in [0.29, 0.717) is 6.61 Å². The van der Waals surface area contributed by atoms with Gasteiger partial charge in [0.05, 0.1) is 12.7 Å². The maximum Gasteiger partial charge on any atom is 0.128 e. The summed E-state index contributed by atoms with van der Waals surface area (Å²) in [6, 6.07) is 11.6. The molecule has 0 amide bonds. The molecule has 0 saturated carbocycles. The molecule has 1 aromatic carbocycles. The molecule has 2 rings (SSSR count). The molecular formula is C15H23NO2Si. The van der Waals surface area contributed by atoms with Gasteiger partial charge in [0.25, 0.3) is 0 Å². The molecule has 1 N–H and O–H groups in total. The first-order valence-electron chi connectivity index (χ1n) is 7.08. The number of nitrogens with one attached hydrogen (secondary N) is 1. The zero-order chi connectivity index (χ0) is 13.3. The highest BCUT2D eigenvalue weighted by atomic mass is 28.1. The molecule has 3 nitrogen and oxygen atoms in total. The maximum atomic E-state index is 5.85. The summed E-state index contributed by atoms with van der Waals surface area (Å²) in [5.74, 6) is 0. The van der Waals surface area contributed by atoms with Gasteiger partial charge in [-0.15, -0.1) is 0 Å². The lowest BCUT2D eigenvalue weighted by molar-refractivity contribution is 0.00118. The van der Waals surface area contributed by atoms with Crippen molar-refractivity contribution in [3.05, 3.63) is 42.0 Å². The van der Waals surface area contributed by atoms with Crippen LogP contribution in [-0.4, -0.2) is 42.3 Å². The van der Waals surface area contributed by atoms with Crippen LogP contribution in [0.3, 0.4) is 0 Å². The van der Waals surface area contributed by atoms with Crippen molar-refractivity contribution in [3.63, 3.8) is 0 Å². The first-order chi connectivity index (χ1) is 9.38. The summed E-state index contributed by atoms with van der Waals surface area (Å²) in [6.07, 6.45) is 5.52. The summed E-state index contributed by atoms with van der Waals surface area (Å²) < 4.78 is 11.5. The third kappa shape index (κ3) is 5.28. The van der Waals surface area contributed by atoms with Gasteiger partial charge in [-0.25, -0.2) is 0 Å². The molecule has 1 heterocycles. The van der Waals surface area contributed by atoms with Crippen LogP contribution in [0.25, 0.3) is 6.08 Å². The average Bonchev–Trinajstić information content (AvgIpc) is 2.91. The number of hydrogen-bond donors (Lipinski definition) is 1. The predicted octanol–water partition coefficient (Wildman–Crippen LogP) is 1.20. The second-order valence-corrected chi connectivity index (χ2v) is 5.79. The molecule has 1 aliphatic rings. The predicted molar refractivity (Wildman–Crippen MR) is 82.3 cm³/mol. The second kappa shape index (κ2) is 8.27. The van der Waals surface area contributed by atoms with Crippen LogP contribution in [0.1, 0.15) is 12.0 Å². The van der Waals surface area contributed by atoms with Crippen molar-refractivity contribution in [1.29, 1.82) is 0 Å². The summed E-state index contributed by atoms with van der Waals surface area (Å²) in [7, 11) is 1.27. The third-order valence-electron chi connectivity index (χ3n) is 3.09. The summed E-state index contributed by atoms with van der Waals surface area (Å²) in [5, 5.41) is 3.34. The maximum absolute atomic E-state index is 5.85. The van der Waals surface area contributed by atoms with Crippen LogP contribution in [-0.2, 0) is 9.47 Å². The van der Waals surface area contributed by atoms with Crippen molar-refractivity contribution >= 4 is 16.3 Å². The quantitative estimate of drug-likeness (QED) is 0.600. The Bertz CT molecular complexity index is 383. The van der Waals surface area contributed by atoms with Crippen LogP contribution in [0, 0.1) is 0 Å². The zero-order valence-corrected chi connectivity index (χ0v) is 13.5. The molecule has 1 saturated heterocycles. The van der Waals surface area contributed by atoms with E-state index in [1.807, 2.05) is 18.2 Å². The number of ether oxygens (including phenoxy) is 2. The lowest BCUT2D eigenvalue weighted by Gasteiger charge is -2.10. The molecule has 0 radical (unpaired) electrons. The number of benzene rings is 1. The molecule has 2 atom stereocenters. The van der Waals surface area contributed by atoms with E-state index in [-0.39, 0.29) is 12.3 Å². The van der Waals surface area contributed by atoms with E-state index in [0.717, 1.165) is 13.2 Å². The highest BCUT2D eigenvalue weighted by Crippen LogP contribution is 2.09. The first kappa shape index (κ1) is 14.5. The fraction of sp³-hybridized carbons (Fsp3) is 0.467. The van der Waals surface area contributed by atoms with Crippen molar-refractivity contribution in [2.24, 2.45) is 0 Å². The monoisotopic (exact) mass is 277 g/mol. The van der Waals surface area contributed by atoms with Gasteiger partial charge in [-0.1, -0.05) is 42.5 Å². The Morgan fingerprint density at radius 3 is 3.00 bits per heavy atom. The summed E-state index contributed by atoms with van der Waals surface area (Å²) in [6.45, 7) is 2.43. The largest absolute Gasteiger partial charge is 0.379 e. The molecule has 1 fully saturated rings. The minimum atomic E-state index is 0.00684. The van der Waals surface area contributed by atoms with Crippen LogP contribution in [0.5, 0.6) is 0 Å². The minimum absolute atomic E-state index is 0.00684. The molecular weight excluding hydrogens is 254 g/mol. The van der Waals surface area contributed by atoms with Gasteiger partial charge in [-0.2, -0.15) is 0 Å². The minimum Gasteiger partial charge on any atom is -0.379 e. The van der Waals surface area contributed by atoms with Gasteiger partial charge in [-0.05, 0) is 18.1 Å².